The second-order valence-corrected chi connectivity index (χ2v) is 6.52. The molecule has 1 N–H and O–H groups in total. The third kappa shape index (κ3) is 3.94. The van der Waals surface area contributed by atoms with Crippen LogP contribution in [0.15, 0.2) is 36.4 Å². The number of aryl methyl sites for hydroxylation is 3. The van der Waals surface area contributed by atoms with Crippen LogP contribution in [0.5, 0.6) is 11.5 Å². The van der Waals surface area contributed by atoms with Crippen molar-refractivity contribution in [3.8, 4) is 11.5 Å². The van der Waals surface area contributed by atoms with Gasteiger partial charge in [-0.25, -0.2) is 4.98 Å². The Morgan fingerprint density at radius 2 is 1.85 bits per heavy atom. The van der Waals surface area contributed by atoms with Gasteiger partial charge in [0.15, 0.2) is 11.5 Å². The summed E-state index contributed by atoms with van der Waals surface area (Å²) >= 11 is 6.10. The normalized spacial score (nSPS) is 11.1. The minimum atomic E-state index is 0.152. The van der Waals surface area contributed by atoms with E-state index < -0.39 is 0 Å². The van der Waals surface area contributed by atoms with E-state index in [-0.39, 0.29) is 6.61 Å². The highest BCUT2D eigenvalue weighted by atomic mass is 35.5. The number of aliphatic hydroxyl groups is 1. The zero-order chi connectivity index (χ0) is 18.5. The molecule has 0 atom stereocenters. The van der Waals surface area contributed by atoms with Gasteiger partial charge in [-0.3, -0.25) is 0 Å². The first-order chi connectivity index (χ1) is 12.7. The topological polar surface area (TPSA) is 56.5 Å². The van der Waals surface area contributed by atoms with E-state index in [0.29, 0.717) is 11.4 Å². The number of benzene rings is 2. The minimum Gasteiger partial charge on any atom is -0.493 e. The number of nitrogens with zero attached hydrogens (tertiary/aromatic N) is 2. The smallest absolute Gasteiger partial charge is 0.160 e. The number of methoxy groups -OCH3 is 2. The second-order valence-electron chi connectivity index (χ2n) is 6.08. The lowest BCUT2D eigenvalue weighted by Gasteiger charge is -2.12. The maximum atomic E-state index is 9.17. The van der Waals surface area contributed by atoms with Crippen molar-refractivity contribution >= 4 is 22.6 Å². The predicted molar refractivity (Wildman–Crippen MR) is 103 cm³/mol. The van der Waals surface area contributed by atoms with Crippen molar-refractivity contribution in [3.63, 3.8) is 0 Å². The molecule has 0 fully saturated rings. The van der Waals surface area contributed by atoms with Crippen molar-refractivity contribution in [2.45, 2.75) is 25.8 Å². The number of imidazole rings is 1. The summed E-state index contributed by atoms with van der Waals surface area (Å²) in [6.45, 7) is 0.939. The molecule has 3 aromatic rings. The first-order valence-corrected chi connectivity index (χ1v) is 9.00. The maximum Gasteiger partial charge on any atom is 0.160 e. The van der Waals surface area contributed by atoms with Gasteiger partial charge in [-0.05, 0) is 48.7 Å². The van der Waals surface area contributed by atoms with E-state index >= 15 is 0 Å². The van der Waals surface area contributed by atoms with Crippen LogP contribution in [0.4, 0.5) is 0 Å². The fraction of sp³-hybridized carbons (Fsp3) is 0.350. The van der Waals surface area contributed by atoms with Gasteiger partial charge in [0.25, 0.3) is 0 Å². The molecule has 0 radical (unpaired) electrons. The first kappa shape index (κ1) is 18.5. The second kappa shape index (κ2) is 8.43. The highest BCUT2D eigenvalue weighted by molar-refractivity contribution is 6.31. The molecule has 2 aromatic carbocycles. The SMILES string of the molecule is COc1ccc(CCn2c(CCCO)nc3cc(Cl)ccc32)cc1OC. The Morgan fingerprint density at radius 1 is 1.04 bits per heavy atom. The van der Waals surface area contributed by atoms with Crippen LogP contribution in [0.2, 0.25) is 5.02 Å². The number of ether oxygens (including phenoxy) is 2. The highest BCUT2D eigenvalue weighted by Gasteiger charge is 2.12. The average molecular weight is 375 g/mol. The number of halogens is 1. The van der Waals surface area contributed by atoms with E-state index in [9.17, 15) is 0 Å². The lowest BCUT2D eigenvalue weighted by molar-refractivity contribution is 0.287. The minimum absolute atomic E-state index is 0.152. The fourth-order valence-electron chi connectivity index (χ4n) is 3.11. The monoisotopic (exact) mass is 374 g/mol. The summed E-state index contributed by atoms with van der Waals surface area (Å²) in [6, 6.07) is 11.7. The average Bonchev–Trinajstić information content (AvgIpc) is 3.00. The molecule has 0 aliphatic heterocycles. The van der Waals surface area contributed by atoms with Crippen LogP contribution in [-0.2, 0) is 19.4 Å². The van der Waals surface area contributed by atoms with Gasteiger partial charge in [-0.15, -0.1) is 0 Å². The number of fused-ring (bicyclic) bond motifs is 1. The van der Waals surface area contributed by atoms with Crippen LogP contribution in [-0.4, -0.2) is 35.5 Å². The van der Waals surface area contributed by atoms with Crippen molar-refractivity contribution < 1.29 is 14.6 Å². The highest BCUT2D eigenvalue weighted by Crippen LogP contribution is 2.28. The van der Waals surface area contributed by atoms with Gasteiger partial charge in [0.05, 0.1) is 25.3 Å². The molecule has 0 saturated carbocycles. The van der Waals surface area contributed by atoms with E-state index in [2.05, 4.69) is 4.57 Å². The van der Waals surface area contributed by atoms with Crippen LogP contribution in [0.25, 0.3) is 11.0 Å². The molecule has 138 valence electrons. The lowest BCUT2D eigenvalue weighted by atomic mass is 10.1. The van der Waals surface area contributed by atoms with Crippen molar-refractivity contribution in [3.05, 3.63) is 52.8 Å². The number of aromatic nitrogens is 2. The van der Waals surface area contributed by atoms with Crippen molar-refractivity contribution in [1.29, 1.82) is 0 Å². The standard InChI is InChI=1S/C20H23ClN2O3/c1-25-18-8-5-14(12-19(18)26-2)9-10-23-17-7-6-15(21)13-16(17)22-20(23)4-3-11-24/h5-8,12-13,24H,3-4,9-11H2,1-2H3. The molecule has 1 heterocycles. The molecule has 0 saturated heterocycles. The zero-order valence-electron chi connectivity index (χ0n) is 15.0. The van der Waals surface area contributed by atoms with Gasteiger partial charge in [0.2, 0.25) is 0 Å². The maximum absolute atomic E-state index is 9.17. The number of hydrogen-bond donors (Lipinski definition) is 1. The molecule has 0 amide bonds. The van der Waals surface area contributed by atoms with Crippen LogP contribution >= 0.6 is 11.6 Å². The summed E-state index contributed by atoms with van der Waals surface area (Å²) in [7, 11) is 3.27. The third-order valence-corrected chi connectivity index (χ3v) is 4.65. The summed E-state index contributed by atoms with van der Waals surface area (Å²) in [5.74, 6) is 2.42. The summed E-state index contributed by atoms with van der Waals surface area (Å²) in [5.41, 5.74) is 3.10. The van der Waals surface area contributed by atoms with Gasteiger partial charge in [-0.1, -0.05) is 17.7 Å². The molecule has 0 spiro atoms. The van der Waals surface area contributed by atoms with Gasteiger partial charge < -0.3 is 19.1 Å². The molecule has 3 rings (SSSR count). The van der Waals surface area contributed by atoms with E-state index in [4.69, 9.17) is 31.2 Å². The van der Waals surface area contributed by atoms with Crippen molar-refractivity contribution in [2.75, 3.05) is 20.8 Å². The summed E-state index contributed by atoms with van der Waals surface area (Å²) in [5, 5.41) is 9.85. The number of aliphatic hydroxyl groups excluding tert-OH is 1. The van der Waals surface area contributed by atoms with Gasteiger partial charge >= 0.3 is 0 Å². The molecular formula is C20H23ClN2O3. The molecule has 0 aliphatic rings. The Labute approximate surface area is 158 Å². The van der Waals surface area contributed by atoms with Crippen LogP contribution in [0, 0.1) is 0 Å². The Morgan fingerprint density at radius 3 is 2.58 bits per heavy atom. The molecule has 26 heavy (non-hydrogen) atoms. The molecule has 1 aromatic heterocycles. The fourth-order valence-corrected chi connectivity index (χ4v) is 3.27. The summed E-state index contributed by atoms with van der Waals surface area (Å²) in [4.78, 5) is 4.71. The Bertz CT molecular complexity index is 892. The molecule has 6 heteroatoms. The summed E-state index contributed by atoms with van der Waals surface area (Å²) < 4.78 is 12.9. The number of hydrogen-bond acceptors (Lipinski definition) is 4. The Hall–Kier alpha value is -2.24. The Kier molecular flexibility index (Phi) is 6.01. The van der Waals surface area contributed by atoms with Crippen LogP contribution < -0.4 is 9.47 Å². The quantitative estimate of drug-likeness (QED) is 0.650. The van der Waals surface area contributed by atoms with E-state index in [1.165, 1.54) is 0 Å². The molecule has 0 bridgehead atoms. The van der Waals surface area contributed by atoms with Crippen molar-refractivity contribution in [2.24, 2.45) is 0 Å². The number of rotatable bonds is 8. The third-order valence-electron chi connectivity index (χ3n) is 4.42. The molecule has 5 nitrogen and oxygen atoms in total. The zero-order valence-corrected chi connectivity index (χ0v) is 15.8. The largest absolute Gasteiger partial charge is 0.493 e. The van der Waals surface area contributed by atoms with Crippen LogP contribution in [0.1, 0.15) is 17.8 Å². The van der Waals surface area contributed by atoms with Gasteiger partial charge in [-0.2, -0.15) is 0 Å². The molecular weight excluding hydrogens is 352 g/mol. The van der Waals surface area contributed by atoms with Gasteiger partial charge in [0, 0.05) is 24.6 Å². The van der Waals surface area contributed by atoms with E-state index in [0.717, 1.165) is 53.3 Å². The summed E-state index contributed by atoms with van der Waals surface area (Å²) in [6.07, 6.45) is 2.25. The van der Waals surface area contributed by atoms with Crippen LogP contribution in [0.3, 0.4) is 0 Å². The van der Waals surface area contributed by atoms with Gasteiger partial charge in [0.1, 0.15) is 5.82 Å². The Balaban J connectivity index is 1.87. The predicted octanol–water partition coefficient (Wildman–Crippen LogP) is 3.87. The molecule has 0 unspecified atom stereocenters. The van der Waals surface area contributed by atoms with Crippen molar-refractivity contribution in [1.82, 2.24) is 9.55 Å². The first-order valence-electron chi connectivity index (χ1n) is 8.62. The lowest BCUT2D eigenvalue weighted by Crippen LogP contribution is -2.07. The van der Waals surface area contributed by atoms with E-state index in [1.807, 2.05) is 36.4 Å². The van der Waals surface area contributed by atoms with E-state index in [1.54, 1.807) is 14.2 Å². The molecule has 0 aliphatic carbocycles.